The Hall–Kier alpha value is -2.94. The van der Waals surface area contributed by atoms with E-state index in [1.807, 2.05) is 0 Å². The Morgan fingerprint density at radius 3 is 1.97 bits per heavy atom. The average Bonchev–Trinajstić information content (AvgIpc) is 3.00. The van der Waals surface area contributed by atoms with Gasteiger partial charge in [0.15, 0.2) is 0 Å². The number of carbonyl (C=O) groups excluding carboxylic acids is 3. The Labute approximate surface area is 205 Å². The van der Waals surface area contributed by atoms with E-state index in [-0.39, 0.29) is 10.7 Å². The molecule has 0 radical (unpaired) electrons. The van der Waals surface area contributed by atoms with Gasteiger partial charge >= 0.3 is 5.97 Å². The summed E-state index contributed by atoms with van der Waals surface area (Å²) in [6, 6.07) is 19.9. The van der Waals surface area contributed by atoms with Crippen molar-refractivity contribution in [2.24, 2.45) is 0 Å². The molecule has 32 heavy (non-hydrogen) atoms. The number of nitrogens with one attached hydrogen (secondary N) is 1. The van der Waals surface area contributed by atoms with Crippen LogP contribution in [-0.4, -0.2) is 17.8 Å². The van der Waals surface area contributed by atoms with Crippen LogP contribution in [0.2, 0.25) is 0 Å². The van der Waals surface area contributed by atoms with Crippen molar-refractivity contribution in [1.29, 1.82) is 0 Å². The number of rotatable bonds is 5. The second-order valence-corrected chi connectivity index (χ2v) is 8.87. The second-order valence-electron chi connectivity index (χ2n) is 6.66. The van der Waals surface area contributed by atoms with Gasteiger partial charge in [0, 0.05) is 14.6 Å². The minimum Gasteiger partial charge on any atom is -0.423 e. The molecule has 0 bridgehead atoms. The topological polar surface area (TPSA) is 75.7 Å². The first-order valence-corrected chi connectivity index (χ1v) is 11.2. The number of hydrogen-bond acceptors (Lipinski definition) is 5. The van der Waals surface area contributed by atoms with Gasteiger partial charge in [0.1, 0.15) is 16.5 Å². The Balaban J connectivity index is 1.47. The van der Waals surface area contributed by atoms with Gasteiger partial charge in [0.2, 0.25) is 0 Å². The second kappa shape index (κ2) is 9.28. The first kappa shape index (κ1) is 22.3. The standard InChI is InChI=1S/C23H13Br2ClN2O4/c24-14-3-9-17(10-4-14)28-21(29)19(26)20(22(28)30)27-16-7-1-13(2-8-16)23(31)32-18-11-5-15(25)6-12-18/h1-12,27H. The van der Waals surface area contributed by atoms with Crippen LogP contribution in [0, 0.1) is 0 Å². The van der Waals surface area contributed by atoms with E-state index in [1.165, 1.54) is 0 Å². The van der Waals surface area contributed by atoms with E-state index >= 15 is 0 Å². The summed E-state index contributed by atoms with van der Waals surface area (Å²) in [4.78, 5) is 38.7. The number of imide groups is 1. The van der Waals surface area contributed by atoms with Crippen molar-refractivity contribution in [2.45, 2.75) is 0 Å². The van der Waals surface area contributed by atoms with Crippen LogP contribution < -0.4 is 15.0 Å². The molecule has 0 spiro atoms. The highest BCUT2D eigenvalue weighted by atomic mass is 79.9. The van der Waals surface area contributed by atoms with Crippen molar-refractivity contribution < 1.29 is 19.1 Å². The van der Waals surface area contributed by atoms with Gasteiger partial charge in [0.05, 0.1) is 11.3 Å². The number of carbonyl (C=O) groups is 3. The molecule has 4 rings (SSSR count). The molecule has 2 amide bonds. The third kappa shape index (κ3) is 4.62. The van der Waals surface area contributed by atoms with Crippen LogP contribution in [0.4, 0.5) is 11.4 Å². The molecule has 0 fully saturated rings. The highest BCUT2D eigenvalue weighted by Gasteiger charge is 2.38. The number of amides is 2. The summed E-state index contributed by atoms with van der Waals surface area (Å²) >= 11 is 12.8. The van der Waals surface area contributed by atoms with Gasteiger partial charge < -0.3 is 10.1 Å². The van der Waals surface area contributed by atoms with Crippen LogP contribution in [0.3, 0.4) is 0 Å². The van der Waals surface area contributed by atoms with Crippen LogP contribution in [0.5, 0.6) is 5.75 Å². The zero-order chi connectivity index (χ0) is 22.8. The van der Waals surface area contributed by atoms with E-state index in [4.69, 9.17) is 16.3 Å². The monoisotopic (exact) mass is 574 g/mol. The number of ether oxygens (including phenoxy) is 1. The van der Waals surface area contributed by atoms with Crippen molar-refractivity contribution in [3.63, 3.8) is 0 Å². The molecule has 1 aliphatic rings. The molecule has 6 nitrogen and oxygen atoms in total. The Kier molecular flexibility index (Phi) is 6.45. The van der Waals surface area contributed by atoms with E-state index in [9.17, 15) is 14.4 Å². The van der Waals surface area contributed by atoms with E-state index in [2.05, 4.69) is 37.2 Å². The van der Waals surface area contributed by atoms with E-state index < -0.39 is 17.8 Å². The molecule has 0 aliphatic carbocycles. The summed E-state index contributed by atoms with van der Waals surface area (Å²) in [7, 11) is 0. The summed E-state index contributed by atoms with van der Waals surface area (Å²) < 4.78 is 7.02. The lowest BCUT2D eigenvalue weighted by molar-refractivity contribution is -0.120. The van der Waals surface area contributed by atoms with Crippen molar-refractivity contribution in [2.75, 3.05) is 10.2 Å². The average molecular weight is 577 g/mol. The lowest BCUT2D eigenvalue weighted by Crippen LogP contribution is -2.32. The maximum Gasteiger partial charge on any atom is 0.343 e. The van der Waals surface area contributed by atoms with Gasteiger partial charge in [-0.15, -0.1) is 0 Å². The largest absolute Gasteiger partial charge is 0.423 e. The summed E-state index contributed by atoms with van der Waals surface area (Å²) in [5, 5.41) is 2.66. The van der Waals surface area contributed by atoms with Crippen molar-refractivity contribution in [3.8, 4) is 5.75 Å². The molecule has 0 unspecified atom stereocenters. The lowest BCUT2D eigenvalue weighted by Gasteiger charge is -2.15. The minimum atomic E-state index is -0.615. The number of anilines is 2. The van der Waals surface area contributed by atoms with Crippen molar-refractivity contribution in [3.05, 3.63) is 98.0 Å². The molecular weight excluding hydrogens is 564 g/mol. The molecule has 0 atom stereocenters. The summed E-state index contributed by atoms with van der Waals surface area (Å²) in [5.74, 6) is -1.29. The van der Waals surface area contributed by atoms with E-state index in [1.54, 1.807) is 72.8 Å². The Morgan fingerprint density at radius 1 is 0.812 bits per heavy atom. The normalized spacial score (nSPS) is 13.5. The predicted molar refractivity (Wildman–Crippen MR) is 129 cm³/mol. The van der Waals surface area contributed by atoms with Gasteiger partial charge in [-0.1, -0.05) is 43.5 Å². The number of esters is 1. The fraction of sp³-hybridized carbons (Fsp3) is 0. The first-order valence-electron chi connectivity index (χ1n) is 9.22. The molecule has 160 valence electrons. The molecule has 0 aromatic heterocycles. The van der Waals surface area contributed by atoms with Crippen LogP contribution in [0.25, 0.3) is 0 Å². The van der Waals surface area contributed by atoms with Crippen LogP contribution in [0.1, 0.15) is 10.4 Å². The number of halogens is 3. The van der Waals surface area contributed by atoms with Crippen molar-refractivity contribution in [1.82, 2.24) is 0 Å². The molecule has 0 saturated heterocycles. The molecule has 1 aliphatic heterocycles. The third-order valence-electron chi connectivity index (χ3n) is 4.53. The van der Waals surface area contributed by atoms with Gasteiger partial charge in [-0.25, -0.2) is 9.69 Å². The van der Waals surface area contributed by atoms with Gasteiger partial charge in [-0.3, -0.25) is 9.59 Å². The molecule has 9 heteroatoms. The molecule has 3 aromatic rings. The van der Waals surface area contributed by atoms with Crippen LogP contribution in [-0.2, 0) is 9.59 Å². The summed E-state index contributed by atoms with van der Waals surface area (Å²) in [6.07, 6.45) is 0. The minimum absolute atomic E-state index is 0.0372. The maximum absolute atomic E-state index is 12.8. The highest BCUT2D eigenvalue weighted by Crippen LogP contribution is 2.31. The molecule has 0 saturated carbocycles. The fourth-order valence-corrected chi connectivity index (χ4v) is 3.68. The Morgan fingerprint density at radius 2 is 1.38 bits per heavy atom. The third-order valence-corrected chi connectivity index (χ3v) is 5.93. The quantitative estimate of drug-likeness (QED) is 0.234. The van der Waals surface area contributed by atoms with Crippen LogP contribution in [0.15, 0.2) is 92.5 Å². The zero-order valence-electron chi connectivity index (χ0n) is 16.1. The van der Waals surface area contributed by atoms with Gasteiger partial charge in [-0.2, -0.15) is 0 Å². The maximum atomic E-state index is 12.8. The Bertz CT molecular complexity index is 1240. The highest BCUT2D eigenvalue weighted by molar-refractivity contribution is 9.10. The smallest absolute Gasteiger partial charge is 0.343 e. The molecule has 1 N–H and O–H groups in total. The van der Waals surface area contributed by atoms with Crippen molar-refractivity contribution >= 4 is 72.6 Å². The number of benzene rings is 3. The number of nitrogens with zero attached hydrogens (tertiary/aromatic N) is 1. The molecule has 1 heterocycles. The van der Waals surface area contributed by atoms with E-state index in [0.717, 1.165) is 13.8 Å². The van der Waals surface area contributed by atoms with Gasteiger partial charge in [0.25, 0.3) is 11.8 Å². The zero-order valence-corrected chi connectivity index (χ0v) is 20.1. The SMILES string of the molecule is O=C(Oc1ccc(Br)cc1)c1ccc(NC2=C(Cl)C(=O)N(c3ccc(Br)cc3)C2=O)cc1. The summed E-state index contributed by atoms with van der Waals surface area (Å²) in [6.45, 7) is 0. The lowest BCUT2D eigenvalue weighted by atomic mass is 10.2. The molecule has 3 aromatic carbocycles. The predicted octanol–water partition coefficient (Wildman–Crippen LogP) is 5.87. The molecular formula is C23H13Br2ClN2O4. The van der Waals surface area contributed by atoms with Gasteiger partial charge in [-0.05, 0) is 72.8 Å². The fourth-order valence-electron chi connectivity index (χ4n) is 2.94. The first-order chi connectivity index (χ1) is 15.3. The number of hydrogen-bond donors (Lipinski definition) is 1. The van der Waals surface area contributed by atoms with Crippen LogP contribution >= 0.6 is 43.5 Å². The van der Waals surface area contributed by atoms with E-state index in [0.29, 0.717) is 22.7 Å². The summed E-state index contributed by atoms with van der Waals surface area (Å²) in [5.41, 5.74) is 1.18.